The topological polar surface area (TPSA) is 40.1 Å². The van der Waals surface area contributed by atoms with Gasteiger partial charge in [0.1, 0.15) is 6.17 Å². The quantitative estimate of drug-likeness (QED) is 0.399. The van der Waals surface area contributed by atoms with Crippen LogP contribution in [0.15, 0.2) is 0 Å². The van der Waals surface area contributed by atoms with Gasteiger partial charge >= 0.3 is 29.6 Å². The minimum Gasteiger partial charge on any atom is -0.772 e. The summed E-state index contributed by atoms with van der Waals surface area (Å²) in [7, 11) is 0. The molecule has 1 unspecified atom stereocenters. The molecular formula is C7H12FNaO2S. The summed E-state index contributed by atoms with van der Waals surface area (Å²) < 4.78 is 33.1. The predicted octanol–water partition coefficient (Wildman–Crippen LogP) is -1.60. The Morgan fingerprint density at radius 2 is 1.83 bits per heavy atom. The molecule has 1 aliphatic rings. The van der Waals surface area contributed by atoms with Gasteiger partial charge in [0.05, 0.1) is 0 Å². The zero-order chi connectivity index (χ0) is 8.27. The summed E-state index contributed by atoms with van der Waals surface area (Å²) >= 11 is -1.95. The molecule has 0 heterocycles. The molecule has 1 fully saturated rings. The first kappa shape index (κ1) is 13.0. The summed E-state index contributed by atoms with van der Waals surface area (Å²) in [4.78, 5) is 0. The fourth-order valence-corrected chi connectivity index (χ4v) is 2.20. The van der Waals surface area contributed by atoms with Crippen molar-refractivity contribution in [2.75, 3.05) is 5.75 Å². The number of alkyl halides is 1. The van der Waals surface area contributed by atoms with Crippen LogP contribution in [0.2, 0.25) is 0 Å². The summed E-state index contributed by atoms with van der Waals surface area (Å²) in [6.45, 7) is 0. The van der Waals surface area contributed by atoms with Crippen LogP contribution < -0.4 is 29.6 Å². The van der Waals surface area contributed by atoms with E-state index in [-0.39, 0.29) is 41.2 Å². The second kappa shape index (κ2) is 6.49. The third-order valence-electron chi connectivity index (χ3n) is 2.15. The molecule has 0 aliphatic heterocycles. The third-order valence-corrected chi connectivity index (χ3v) is 2.89. The van der Waals surface area contributed by atoms with Crippen molar-refractivity contribution in [3.63, 3.8) is 0 Å². The van der Waals surface area contributed by atoms with Gasteiger partial charge in [-0.2, -0.15) is 0 Å². The summed E-state index contributed by atoms with van der Waals surface area (Å²) in [5, 5.41) is 0. The maximum atomic E-state index is 12.5. The Labute approximate surface area is 96.9 Å². The summed E-state index contributed by atoms with van der Waals surface area (Å²) in [6, 6.07) is 0. The van der Waals surface area contributed by atoms with Crippen LogP contribution in [0.4, 0.5) is 4.39 Å². The van der Waals surface area contributed by atoms with Crippen molar-refractivity contribution in [2.45, 2.75) is 31.9 Å². The molecule has 0 aromatic rings. The van der Waals surface area contributed by atoms with Crippen LogP contribution in [0.3, 0.4) is 0 Å². The van der Waals surface area contributed by atoms with E-state index in [2.05, 4.69) is 0 Å². The molecule has 0 radical (unpaired) electrons. The van der Waals surface area contributed by atoms with E-state index in [1.807, 2.05) is 0 Å². The van der Waals surface area contributed by atoms with Gasteiger partial charge in [0.25, 0.3) is 0 Å². The molecule has 0 amide bonds. The Morgan fingerprint density at radius 3 is 2.25 bits per heavy atom. The van der Waals surface area contributed by atoms with Crippen molar-refractivity contribution >= 4 is 11.1 Å². The molecule has 0 N–H and O–H groups in total. The molecule has 0 spiro atoms. The van der Waals surface area contributed by atoms with Crippen molar-refractivity contribution in [3.8, 4) is 0 Å². The maximum absolute atomic E-state index is 12.5. The smallest absolute Gasteiger partial charge is 0.772 e. The van der Waals surface area contributed by atoms with Gasteiger partial charge in [0.15, 0.2) is 0 Å². The van der Waals surface area contributed by atoms with Crippen molar-refractivity contribution in [1.29, 1.82) is 0 Å². The second-order valence-corrected chi connectivity index (χ2v) is 4.03. The average molecular weight is 202 g/mol. The molecular weight excluding hydrogens is 190 g/mol. The van der Waals surface area contributed by atoms with Crippen LogP contribution in [0.25, 0.3) is 0 Å². The number of hydrogen-bond donors (Lipinski definition) is 0. The molecule has 0 bridgehead atoms. The molecule has 1 aliphatic carbocycles. The summed E-state index contributed by atoms with van der Waals surface area (Å²) in [5.74, 6) is 0.424. The van der Waals surface area contributed by atoms with E-state index in [0.29, 0.717) is 12.8 Å². The molecule has 0 aromatic carbocycles. The van der Waals surface area contributed by atoms with Crippen molar-refractivity contribution in [2.24, 2.45) is 5.92 Å². The minimum absolute atomic E-state index is 0. The molecule has 0 aromatic heterocycles. The molecule has 5 heteroatoms. The monoisotopic (exact) mass is 202 g/mol. The van der Waals surface area contributed by atoms with Crippen LogP contribution in [0.5, 0.6) is 0 Å². The molecule has 12 heavy (non-hydrogen) atoms. The van der Waals surface area contributed by atoms with Gasteiger partial charge < -0.3 is 4.55 Å². The molecule has 1 atom stereocenters. The van der Waals surface area contributed by atoms with E-state index in [4.69, 9.17) is 0 Å². The van der Waals surface area contributed by atoms with E-state index < -0.39 is 17.3 Å². The van der Waals surface area contributed by atoms with Gasteiger partial charge in [-0.25, -0.2) is 4.39 Å². The van der Waals surface area contributed by atoms with Gasteiger partial charge in [-0.1, -0.05) is 11.1 Å². The minimum atomic E-state index is -1.95. The molecule has 2 nitrogen and oxygen atoms in total. The first-order valence-corrected chi connectivity index (χ1v) is 5.13. The van der Waals surface area contributed by atoms with Crippen LogP contribution >= 0.6 is 0 Å². The van der Waals surface area contributed by atoms with Crippen molar-refractivity contribution < 1.29 is 42.7 Å². The van der Waals surface area contributed by atoms with Crippen LogP contribution in [-0.4, -0.2) is 20.7 Å². The first-order chi connectivity index (χ1) is 5.18. The Morgan fingerprint density at radius 1 is 1.33 bits per heavy atom. The van der Waals surface area contributed by atoms with E-state index in [9.17, 15) is 13.2 Å². The van der Waals surface area contributed by atoms with E-state index >= 15 is 0 Å². The van der Waals surface area contributed by atoms with Gasteiger partial charge in [0.2, 0.25) is 0 Å². The number of hydrogen-bond acceptors (Lipinski definition) is 2. The normalized spacial score (nSPS) is 32.2. The zero-order valence-corrected chi connectivity index (χ0v) is 10.1. The molecule has 0 saturated heterocycles. The standard InChI is InChI=1S/C7H13FO2S.Na/c8-7-3-1-6(2-4-7)5-11(9)10;/h6-7H,1-5H2,(H,9,10);/q;+1/p-1. The summed E-state index contributed by atoms with van der Waals surface area (Å²) in [6.07, 6.45) is 1.86. The third kappa shape index (κ3) is 4.92. The Bertz CT molecular complexity index is 148. The van der Waals surface area contributed by atoms with Crippen LogP contribution in [-0.2, 0) is 11.1 Å². The van der Waals surface area contributed by atoms with Gasteiger partial charge in [-0.15, -0.1) is 0 Å². The van der Waals surface area contributed by atoms with Gasteiger partial charge in [-0.05, 0) is 31.6 Å². The van der Waals surface area contributed by atoms with Crippen molar-refractivity contribution in [1.82, 2.24) is 0 Å². The second-order valence-electron chi connectivity index (χ2n) is 3.09. The maximum Gasteiger partial charge on any atom is 1.00 e. The van der Waals surface area contributed by atoms with Crippen LogP contribution in [0.1, 0.15) is 25.7 Å². The molecule has 66 valence electrons. The van der Waals surface area contributed by atoms with E-state index in [1.54, 1.807) is 0 Å². The number of rotatable bonds is 2. The van der Waals surface area contributed by atoms with Gasteiger partial charge in [-0.3, -0.25) is 4.21 Å². The SMILES string of the molecule is O=S([O-])CC1CCC(F)CC1.[Na+]. The Balaban J connectivity index is 0.00000121. The largest absolute Gasteiger partial charge is 1.00 e. The van der Waals surface area contributed by atoms with E-state index in [1.165, 1.54) is 0 Å². The zero-order valence-electron chi connectivity index (χ0n) is 7.29. The fraction of sp³-hybridized carbons (Fsp3) is 1.00. The number of halogens is 1. The van der Waals surface area contributed by atoms with Crippen molar-refractivity contribution in [3.05, 3.63) is 0 Å². The fourth-order valence-electron chi connectivity index (χ4n) is 1.48. The molecule has 1 rings (SSSR count). The summed E-state index contributed by atoms with van der Waals surface area (Å²) in [5.41, 5.74) is 0. The van der Waals surface area contributed by atoms with E-state index in [0.717, 1.165) is 12.8 Å². The Kier molecular flexibility index (Phi) is 7.05. The van der Waals surface area contributed by atoms with Crippen LogP contribution in [0, 0.1) is 5.92 Å². The predicted molar refractivity (Wildman–Crippen MR) is 40.6 cm³/mol. The average Bonchev–Trinajstić information content (AvgIpc) is 1.93. The van der Waals surface area contributed by atoms with Gasteiger partial charge in [0, 0.05) is 5.75 Å². The molecule has 1 saturated carbocycles. The first-order valence-electron chi connectivity index (χ1n) is 3.88. The Hall–Kier alpha value is 1.04.